The Labute approximate surface area is 108 Å². The Morgan fingerprint density at radius 3 is 2.39 bits per heavy atom. The molecule has 0 saturated carbocycles. The number of hydrogen-bond acceptors (Lipinski definition) is 2. The lowest BCUT2D eigenvalue weighted by atomic mass is 9.90. The molecular weight excluding hydrogens is 231 g/mol. The van der Waals surface area contributed by atoms with Gasteiger partial charge in [-0.3, -0.25) is 4.79 Å². The first-order valence-corrected chi connectivity index (χ1v) is 6.51. The van der Waals surface area contributed by atoms with Gasteiger partial charge in [0.25, 0.3) is 0 Å². The Bertz CT molecular complexity index is 395. The van der Waals surface area contributed by atoms with Gasteiger partial charge in [-0.15, -0.1) is 0 Å². The molecule has 0 spiro atoms. The van der Waals surface area contributed by atoms with E-state index >= 15 is 0 Å². The highest BCUT2D eigenvalue weighted by Gasteiger charge is 2.19. The Morgan fingerprint density at radius 2 is 1.89 bits per heavy atom. The van der Waals surface area contributed by atoms with Gasteiger partial charge in [0.15, 0.2) is 17.3 Å². The summed E-state index contributed by atoms with van der Waals surface area (Å²) in [4.78, 5) is 12.3. The van der Waals surface area contributed by atoms with Crippen molar-refractivity contribution in [2.24, 2.45) is 5.92 Å². The van der Waals surface area contributed by atoms with Gasteiger partial charge in [-0.1, -0.05) is 26.7 Å². The number of carbonyl (C=O) groups is 1. The first-order chi connectivity index (χ1) is 8.63. The van der Waals surface area contributed by atoms with Crippen LogP contribution in [0.25, 0.3) is 0 Å². The normalized spacial score (nSPS) is 10.7. The smallest absolute Gasteiger partial charge is 0.166 e. The number of carbonyl (C=O) groups excluding carboxylic acids is 1. The number of Topliss-reactive ketones (excluding diaryl/α,β-unsaturated/α-hetero) is 1. The maximum Gasteiger partial charge on any atom is 0.166 e. The fourth-order valence-corrected chi connectivity index (χ4v) is 2.15. The number of ketones is 1. The lowest BCUT2D eigenvalue weighted by molar-refractivity contribution is 0.0904. The molecule has 0 aliphatic heterocycles. The van der Waals surface area contributed by atoms with Gasteiger partial charge < -0.3 is 4.74 Å². The summed E-state index contributed by atoms with van der Waals surface area (Å²) >= 11 is 0. The average molecular weight is 252 g/mol. The standard InChI is InChI=1S/C15H21FO2/c1-4-6-11(7-5-2)15(17)12-8-9-13(16)14(10-12)18-3/h8-11H,4-7H2,1-3H3. The fourth-order valence-electron chi connectivity index (χ4n) is 2.15. The van der Waals surface area contributed by atoms with Crippen LogP contribution in [0, 0.1) is 11.7 Å². The Balaban J connectivity index is 2.93. The summed E-state index contributed by atoms with van der Waals surface area (Å²) in [5.41, 5.74) is 0.542. The van der Waals surface area contributed by atoms with Gasteiger partial charge in [0, 0.05) is 11.5 Å². The van der Waals surface area contributed by atoms with Crippen LogP contribution in [0.5, 0.6) is 5.75 Å². The van der Waals surface area contributed by atoms with E-state index in [4.69, 9.17) is 4.74 Å². The van der Waals surface area contributed by atoms with Crippen molar-refractivity contribution < 1.29 is 13.9 Å². The summed E-state index contributed by atoms with van der Waals surface area (Å²) in [7, 11) is 1.40. The Kier molecular flexibility index (Phi) is 5.83. The van der Waals surface area contributed by atoms with Crippen molar-refractivity contribution in [3.05, 3.63) is 29.6 Å². The zero-order valence-electron chi connectivity index (χ0n) is 11.3. The van der Waals surface area contributed by atoms with Gasteiger partial charge in [0.1, 0.15) is 0 Å². The Hall–Kier alpha value is -1.38. The summed E-state index contributed by atoms with van der Waals surface area (Å²) < 4.78 is 18.2. The second-order valence-corrected chi connectivity index (χ2v) is 4.49. The molecule has 2 nitrogen and oxygen atoms in total. The van der Waals surface area contributed by atoms with E-state index in [1.165, 1.54) is 19.2 Å². The average Bonchev–Trinajstić information content (AvgIpc) is 2.38. The lowest BCUT2D eigenvalue weighted by Gasteiger charge is -2.14. The minimum atomic E-state index is -0.434. The van der Waals surface area contributed by atoms with E-state index < -0.39 is 5.82 Å². The molecule has 0 saturated heterocycles. The van der Waals surface area contributed by atoms with E-state index in [-0.39, 0.29) is 17.5 Å². The van der Waals surface area contributed by atoms with Crippen LogP contribution in [0.2, 0.25) is 0 Å². The van der Waals surface area contributed by atoms with Crippen LogP contribution < -0.4 is 4.74 Å². The molecule has 0 amide bonds. The number of rotatable bonds is 7. The Morgan fingerprint density at radius 1 is 1.28 bits per heavy atom. The molecule has 0 N–H and O–H groups in total. The third kappa shape index (κ3) is 3.56. The summed E-state index contributed by atoms with van der Waals surface area (Å²) in [6, 6.07) is 4.33. The first kappa shape index (κ1) is 14.7. The molecule has 0 bridgehead atoms. The molecule has 0 aliphatic carbocycles. The van der Waals surface area contributed by atoms with Gasteiger partial charge >= 0.3 is 0 Å². The van der Waals surface area contributed by atoms with Crippen LogP contribution in [0.15, 0.2) is 18.2 Å². The second-order valence-electron chi connectivity index (χ2n) is 4.49. The molecule has 0 heterocycles. The van der Waals surface area contributed by atoms with Crippen molar-refractivity contribution in [2.45, 2.75) is 39.5 Å². The van der Waals surface area contributed by atoms with E-state index in [1.54, 1.807) is 6.07 Å². The van der Waals surface area contributed by atoms with Crippen LogP contribution in [-0.2, 0) is 0 Å². The summed E-state index contributed by atoms with van der Waals surface area (Å²) in [5.74, 6) is -0.170. The van der Waals surface area contributed by atoms with E-state index in [0.717, 1.165) is 25.7 Å². The zero-order chi connectivity index (χ0) is 13.5. The highest BCUT2D eigenvalue weighted by Crippen LogP contribution is 2.24. The summed E-state index contributed by atoms with van der Waals surface area (Å²) in [6.45, 7) is 4.14. The maximum atomic E-state index is 13.3. The third-order valence-corrected chi connectivity index (χ3v) is 3.08. The van der Waals surface area contributed by atoms with Crippen molar-refractivity contribution in [3.63, 3.8) is 0 Å². The van der Waals surface area contributed by atoms with Crippen molar-refractivity contribution in [2.75, 3.05) is 7.11 Å². The predicted molar refractivity (Wildman–Crippen MR) is 70.6 cm³/mol. The number of ether oxygens (including phenoxy) is 1. The molecule has 100 valence electrons. The van der Waals surface area contributed by atoms with Crippen LogP contribution in [0.3, 0.4) is 0 Å². The predicted octanol–water partition coefficient (Wildman–Crippen LogP) is 4.23. The molecule has 0 aliphatic rings. The van der Waals surface area contributed by atoms with E-state index in [0.29, 0.717) is 5.56 Å². The molecular formula is C15H21FO2. The van der Waals surface area contributed by atoms with E-state index in [2.05, 4.69) is 13.8 Å². The SMILES string of the molecule is CCCC(CCC)C(=O)c1ccc(F)c(OC)c1. The highest BCUT2D eigenvalue weighted by molar-refractivity contribution is 5.98. The van der Waals surface area contributed by atoms with Crippen LogP contribution in [0.1, 0.15) is 49.9 Å². The van der Waals surface area contributed by atoms with Crippen molar-refractivity contribution in [1.82, 2.24) is 0 Å². The third-order valence-electron chi connectivity index (χ3n) is 3.08. The summed E-state index contributed by atoms with van der Waals surface area (Å²) in [5, 5.41) is 0. The number of hydrogen-bond donors (Lipinski definition) is 0. The topological polar surface area (TPSA) is 26.3 Å². The van der Waals surface area contributed by atoms with Crippen molar-refractivity contribution >= 4 is 5.78 Å². The van der Waals surface area contributed by atoms with Gasteiger partial charge in [-0.25, -0.2) is 4.39 Å². The van der Waals surface area contributed by atoms with E-state index in [9.17, 15) is 9.18 Å². The molecule has 0 unspecified atom stereocenters. The first-order valence-electron chi connectivity index (χ1n) is 6.51. The van der Waals surface area contributed by atoms with Crippen LogP contribution in [0.4, 0.5) is 4.39 Å². The van der Waals surface area contributed by atoms with Crippen LogP contribution in [-0.4, -0.2) is 12.9 Å². The molecule has 0 aromatic heterocycles. The van der Waals surface area contributed by atoms with E-state index in [1.807, 2.05) is 0 Å². The maximum absolute atomic E-state index is 13.3. The summed E-state index contributed by atoms with van der Waals surface area (Å²) in [6.07, 6.45) is 3.72. The number of halogens is 1. The molecule has 1 aromatic rings. The molecule has 1 rings (SSSR count). The molecule has 3 heteroatoms. The lowest BCUT2D eigenvalue weighted by Crippen LogP contribution is -2.14. The largest absolute Gasteiger partial charge is 0.494 e. The minimum absolute atomic E-state index is 0.0372. The quantitative estimate of drug-likeness (QED) is 0.679. The monoisotopic (exact) mass is 252 g/mol. The van der Waals surface area contributed by atoms with Gasteiger partial charge in [-0.05, 0) is 31.0 Å². The van der Waals surface area contributed by atoms with Gasteiger partial charge in [0.2, 0.25) is 0 Å². The molecule has 0 fully saturated rings. The fraction of sp³-hybridized carbons (Fsp3) is 0.533. The molecule has 1 aromatic carbocycles. The molecule has 18 heavy (non-hydrogen) atoms. The van der Waals surface area contributed by atoms with Gasteiger partial charge in [0.05, 0.1) is 7.11 Å². The highest BCUT2D eigenvalue weighted by atomic mass is 19.1. The molecule has 0 atom stereocenters. The van der Waals surface area contributed by atoms with Crippen molar-refractivity contribution in [3.8, 4) is 5.75 Å². The minimum Gasteiger partial charge on any atom is -0.494 e. The van der Waals surface area contributed by atoms with Crippen LogP contribution >= 0.6 is 0 Å². The zero-order valence-corrected chi connectivity index (χ0v) is 11.3. The second kappa shape index (κ2) is 7.14. The molecule has 0 radical (unpaired) electrons. The van der Waals surface area contributed by atoms with Gasteiger partial charge in [-0.2, -0.15) is 0 Å². The number of methoxy groups -OCH3 is 1. The van der Waals surface area contributed by atoms with Crippen molar-refractivity contribution in [1.29, 1.82) is 0 Å². The number of benzene rings is 1.